The van der Waals surface area contributed by atoms with E-state index in [0.717, 1.165) is 5.92 Å². The van der Waals surface area contributed by atoms with E-state index in [1.165, 1.54) is 25.7 Å². The lowest BCUT2D eigenvalue weighted by atomic mass is 9.85. The lowest BCUT2D eigenvalue weighted by molar-refractivity contribution is 0.359. The van der Waals surface area contributed by atoms with Gasteiger partial charge in [0, 0.05) is 0 Å². The van der Waals surface area contributed by atoms with Gasteiger partial charge in [-0.2, -0.15) is 0 Å². The van der Waals surface area contributed by atoms with E-state index >= 15 is 0 Å². The lowest BCUT2D eigenvalue weighted by Crippen LogP contribution is -2.11. The van der Waals surface area contributed by atoms with Gasteiger partial charge in [-0.3, -0.25) is 0 Å². The standard InChI is InChI=1S/C9H14/c1-9(8-4-5-8)6-2-3-7-9/h2,6,8H,3-5,7H2,1H3/t9-/m0/s1. The molecule has 0 aliphatic heterocycles. The summed E-state index contributed by atoms with van der Waals surface area (Å²) in [6, 6.07) is 0. The van der Waals surface area contributed by atoms with Crippen molar-refractivity contribution in [1.82, 2.24) is 0 Å². The van der Waals surface area contributed by atoms with Crippen LogP contribution < -0.4 is 0 Å². The normalized spacial score (nSPS) is 41.9. The summed E-state index contributed by atoms with van der Waals surface area (Å²) < 4.78 is 0. The third kappa shape index (κ3) is 0.810. The molecule has 0 spiro atoms. The van der Waals surface area contributed by atoms with Crippen LogP contribution >= 0.6 is 0 Å². The van der Waals surface area contributed by atoms with Gasteiger partial charge in [0.05, 0.1) is 0 Å². The second kappa shape index (κ2) is 1.62. The Morgan fingerprint density at radius 3 is 2.67 bits per heavy atom. The van der Waals surface area contributed by atoms with E-state index in [1.54, 1.807) is 0 Å². The molecular formula is C9H14. The van der Waals surface area contributed by atoms with Crippen LogP contribution in [0.25, 0.3) is 0 Å². The molecule has 1 fully saturated rings. The second-order valence-electron chi connectivity index (χ2n) is 3.72. The van der Waals surface area contributed by atoms with Gasteiger partial charge in [-0.25, -0.2) is 0 Å². The maximum absolute atomic E-state index is 2.44. The first-order chi connectivity index (χ1) is 4.31. The zero-order chi connectivity index (χ0) is 6.32. The van der Waals surface area contributed by atoms with Gasteiger partial charge in [0.1, 0.15) is 0 Å². The summed E-state index contributed by atoms with van der Waals surface area (Å²) >= 11 is 0. The van der Waals surface area contributed by atoms with Crippen molar-refractivity contribution >= 4 is 0 Å². The minimum absolute atomic E-state index is 0.625. The molecule has 9 heavy (non-hydrogen) atoms. The quantitative estimate of drug-likeness (QED) is 0.469. The Balaban J connectivity index is 2.12. The molecular weight excluding hydrogens is 108 g/mol. The van der Waals surface area contributed by atoms with Gasteiger partial charge in [-0.05, 0) is 37.0 Å². The van der Waals surface area contributed by atoms with Gasteiger partial charge in [0.15, 0.2) is 0 Å². The molecule has 0 bridgehead atoms. The van der Waals surface area contributed by atoms with Gasteiger partial charge < -0.3 is 0 Å². The molecule has 0 heteroatoms. The predicted molar refractivity (Wildman–Crippen MR) is 39.2 cm³/mol. The van der Waals surface area contributed by atoms with Crippen molar-refractivity contribution in [2.75, 3.05) is 0 Å². The zero-order valence-corrected chi connectivity index (χ0v) is 6.06. The van der Waals surface area contributed by atoms with E-state index in [2.05, 4.69) is 19.1 Å². The summed E-state index contributed by atoms with van der Waals surface area (Å²) in [5.41, 5.74) is 0.625. The molecule has 0 aromatic heterocycles. The minimum atomic E-state index is 0.625. The Morgan fingerprint density at radius 2 is 2.22 bits per heavy atom. The fourth-order valence-electron chi connectivity index (χ4n) is 1.91. The lowest BCUT2D eigenvalue weighted by Gasteiger charge is -2.20. The summed E-state index contributed by atoms with van der Waals surface area (Å²) in [6.45, 7) is 2.41. The van der Waals surface area contributed by atoms with Gasteiger partial charge in [0.2, 0.25) is 0 Å². The molecule has 0 nitrogen and oxygen atoms in total. The predicted octanol–water partition coefficient (Wildman–Crippen LogP) is 2.75. The van der Waals surface area contributed by atoms with Crippen molar-refractivity contribution in [2.24, 2.45) is 11.3 Å². The molecule has 0 amide bonds. The largest absolute Gasteiger partial charge is 0.0879 e. The van der Waals surface area contributed by atoms with Crippen molar-refractivity contribution < 1.29 is 0 Å². The summed E-state index contributed by atoms with van der Waals surface area (Å²) in [5.74, 6) is 1.05. The summed E-state index contributed by atoms with van der Waals surface area (Å²) in [7, 11) is 0. The third-order valence-corrected chi connectivity index (χ3v) is 2.86. The molecule has 0 heterocycles. The van der Waals surface area contributed by atoms with Crippen LogP contribution in [0.3, 0.4) is 0 Å². The van der Waals surface area contributed by atoms with Crippen LogP contribution in [0, 0.1) is 11.3 Å². The first kappa shape index (κ1) is 5.52. The minimum Gasteiger partial charge on any atom is -0.0879 e. The Labute approximate surface area is 57.0 Å². The Hall–Kier alpha value is -0.260. The van der Waals surface area contributed by atoms with Gasteiger partial charge in [-0.15, -0.1) is 0 Å². The number of rotatable bonds is 1. The molecule has 0 N–H and O–H groups in total. The molecule has 0 aromatic rings. The summed E-state index contributed by atoms with van der Waals surface area (Å²) in [4.78, 5) is 0. The fourth-order valence-corrected chi connectivity index (χ4v) is 1.91. The highest BCUT2D eigenvalue weighted by Crippen LogP contribution is 2.51. The maximum atomic E-state index is 2.44. The van der Waals surface area contributed by atoms with Crippen molar-refractivity contribution in [1.29, 1.82) is 0 Å². The van der Waals surface area contributed by atoms with Crippen molar-refractivity contribution in [3.8, 4) is 0 Å². The van der Waals surface area contributed by atoms with Crippen LogP contribution in [0.4, 0.5) is 0 Å². The molecule has 2 aliphatic rings. The highest BCUT2D eigenvalue weighted by Gasteiger charge is 2.40. The molecule has 1 atom stereocenters. The molecule has 0 unspecified atom stereocenters. The molecule has 0 radical (unpaired) electrons. The van der Waals surface area contributed by atoms with E-state index in [4.69, 9.17) is 0 Å². The van der Waals surface area contributed by atoms with Crippen molar-refractivity contribution in [3.05, 3.63) is 12.2 Å². The van der Waals surface area contributed by atoms with Gasteiger partial charge in [-0.1, -0.05) is 19.1 Å². The van der Waals surface area contributed by atoms with E-state index in [9.17, 15) is 0 Å². The fraction of sp³-hybridized carbons (Fsp3) is 0.778. The zero-order valence-electron chi connectivity index (χ0n) is 6.06. The molecule has 50 valence electrons. The van der Waals surface area contributed by atoms with Crippen LogP contribution in [0.5, 0.6) is 0 Å². The van der Waals surface area contributed by atoms with Crippen molar-refractivity contribution in [3.63, 3.8) is 0 Å². The first-order valence-corrected chi connectivity index (χ1v) is 3.99. The molecule has 0 saturated heterocycles. The Morgan fingerprint density at radius 1 is 1.44 bits per heavy atom. The van der Waals surface area contributed by atoms with Gasteiger partial charge in [0.25, 0.3) is 0 Å². The topological polar surface area (TPSA) is 0 Å². The Kier molecular flexibility index (Phi) is 0.992. The van der Waals surface area contributed by atoms with Crippen LogP contribution in [-0.2, 0) is 0 Å². The monoisotopic (exact) mass is 122 g/mol. The molecule has 1 saturated carbocycles. The average molecular weight is 122 g/mol. The second-order valence-corrected chi connectivity index (χ2v) is 3.72. The van der Waals surface area contributed by atoms with E-state index in [1.807, 2.05) is 0 Å². The van der Waals surface area contributed by atoms with Crippen LogP contribution in [-0.4, -0.2) is 0 Å². The maximum Gasteiger partial charge on any atom is -0.0115 e. The van der Waals surface area contributed by atoms with Crippen LogP contribution in [0.2, 0.25) is 0 Å². The SMILES string of the molecule is C[C@]1(C2CC2)C=CCC1. The number of hydrogen-bond donors (Lipinski definition) is 0. The van der Waals surface area contributed by atoms with Gasteiger partial charge >= 0.3 is 0 Å². The summed E-state index contributed by atoms with van der Waals surface area (Å²) in [5, 5.41) is 0. The van der Waals surface area contributed by atoms with E-state index in [0.29, 0.717) is 5.41 Å². The molecule has 0 aromatic carbocycles. The molecule has 2 aliphatic carbocycles. The molecule has 2 rings (SSSR count). The first-order valence-electron chi connectivity index (χ1n) is 3.99. The highest BCUT2D eigenvalue weighted by atomic mass is 14.4. The van der Waals surface area contributed by atoms with Crippen LogP contribution in [0.15, 0.2) is 12.2 Å². The average Bonchev–Trinajstić information content (AvgIpc) is 2.60. The summed E-state index contributed by atoms with van der Waals surface area (Å²) in [6.07, 6.45) is 10.5. The van der Waals surface area contributed by atoms with Crippen LogP contribution in [0.1, 0.15) is 32.6 Å². The number of hydrogen-bond acceptors (Lipinski definition) is 0. The van der Waals surface area contributed by atoms with E-state index in [-0.39, 0.29) is 0 Å². The Bertz CT molecular complexity index is 142. The van der Waals surface area contributed by atoms with Crippen molar-refractivity contribution in [2.45, 2.75) is 32.6 Å². The third-order valence-electron chi connectivity index (χ3n) is 2.86. The number of allylic oxidation sites excluding steroid dienone is 2. The highest BCUT2D eigenvalue weighted by molar-refractivity contribution is 5.10. The van der Waals surface area contributed by atoms with E-state index < -0.39 is 0 Å². The smallest absolute Gasteiger partial charge is 0.0115 e.